The van der Waals surface area contributed by atoms with Gasteiger partial charge in [0.15, 0.2) is 0 Å². The number of ether oxygens (including phenoxy) is 1. The van der Waals surface area contributed by atoms with E-state index in [0.29, 0.717) is 23.0 Å². The fraction of sp³-hybridized carbons (Fsp3) is 0.0435. The molecule has 1 amide bonds. The molecule has 0 saturated carbocycles. The molecule has 0 aliphatic rings. The van der Waals surface area contributed by atoms with Gasteiger partial charge in [0.2, 0.25) is 0 Å². The molecule has 3 aromatic carbocycles. The summed E-state index contributed by atoms with van der Waals surface area (Å²) in [5, 5.41) is 5.82. The number of carbonyl (C=O) groups excluding carboxylic acids is 1. The number of benzene rings is 3. The molecule has 0 saturated heterocycles. The predicted octanol–water partition coefficient (Wildman–Crippen LogP) is 6.43. The highest BCUT2D eigenvalue weighted by Crippen LogP contribution is 2.26. The Kier molecular flexibility index (Phi) is 6.07. The van der Waals surface area contributed by atoms with Crippen molar-refractivity contribution in [1.82, 2.24) is 4.98 Å². The Balaban J connectivity index is 1.38. The fourth-order valence-electron chi connectivity index (χ4n) is 2.68. The molecular weight excluding hydrogens is 423 g/mol. The first-order chi connectivity index (χ1) is 14.6. The van der Waals surface area contributed by atoms with E-state index < -0.39 is 0 Å². The number of halogens is 2. The fourth-order valence-corrected chi connectivity index (χ4v) is 3.61. The van der Waals surface area contributed by atoms with Crippen LogP contribution in [0.15, 0.2) is 78.2 Å². The standard InChI is InChI=1S/C23H16ClFN2O2S/c24-17-5-1-15(2-6-17)13-29-20-11-3-16(4-12-20)23-27-21(14-30-23)22(28)26-19-9-7-18(25)8-10-19/h1-12,14H,13H2,(H,26,28). The van der Waals surface area contributed by atoms with Crippen molar-refractivity contribution < 1.29 is 13.9 Å². The van der Waals surface area contributed by atoms with Crippen molar-refractivity contribution in [2.45, 2.75) is 6.61 Å². The normalized spacial score (nSPS) is 10.6. The van der Waals surface area contributed by atoms with Crippen molar-refractivity contribution in [3.63, 3.8) is 0 Å². The lowest BCUT2D eigenvalue weighted by Crippen LogP contribution is -2.12. The highest BCUT2D eigenvalue weighted by molar-refractivity contribution is 7.13. The molecule has 0 fully saturated rings. The maximum absolute atomic E-state index is 13.0. The number of nitrogens with zero attached hydrogens (tertiary/aromatic N) is 1. The molecule has 0 bridgehead atoms. The van der Waals surface area contributed by atoms with Crippen LogP contribution in [0, 0.1) is 5.82 Å². The van der Waals surface area contributed by atoms with Gasteiger partial charge in [-0.1, -0.05) is 23.7 Å². The van der Waals surface area contributed by atoms with Gasteiger partial charge in [0.25, 0.3) is 5.91 Å². The molecule has 1 heterocycles. The maximum atomic E-state index is 13.0. The van der Waals surface area contributed by atoms with Crippen LogP contribution in [-0.4, -0.2) is 10.9 Å². The van der Waals surface area contributed by atoms with Crippen molar-refractivity contribution in [2.24, 2.45) is 0 Å². The summed E-state index contributed by atoms with van der Waals surface area (Å²) in [6, 6.07) is 20.6. The number of carbonyl (C=O) groups is 1. The molecule has 30 heavy (non-hydrogen) atoms. The van der Waals surface area contributed by atoms with E-state index in [-0.39, 0.29) is 11.7 Å². The number of nitrogens with one attached hydrogen (secondary N) is 1. The zero-order chi connectivity index (χ0) is 20.9. The summed E-state index contributed by atoms with van der Waals surface area (Å²) in [6.07, 6.45) is 0. The van der Waals surface area contributed by atoms with Crippen LogP contribution in [0.25, 0.3) is 10.6 Å². The van der Waals surface area contributed by atoms with Crippen LogP contribution < -0.4 is 10.1 Å². The summed E-state index contributed by atoms with van der Waals surface area (Å²) in [5.74, 6) is 0.0381. The van der Waals surface area contributed by atoms with Crippen LogP contribution in [0.2, 0.25) is 5.02 Å². The van der Waals surface area contributed by atoms with E-state index in [1.54, 1.807) is 5.38 Å². The van der Waals surface area contributed by atoms with Gasteiger partial charge in [0.1, 0.15) is 28.9 Å². The molecule has 150 valence electrons. The first kappa shape index (κ1) is 20.1. The average molecular weight is 439 g/mol. The minimum Gasteiger partial charge on any atom is -0.489 e. The van der Waals surface area contributed by atoms with Crippen LogP contribution in [-0.2, 0) is 6.61 Å². The van der Waals surface area contributed by atoms with Gasteiger partial charge in [-0.2, -0.15) is 0 Å². The minimum absolute atomic E-state index is 0.308. The van der Waals surface area contributed by atoms with Crippen molar-refractivity contribution in [3.8, 4) is 16.3 Å². The third-order valence-corrected chi connectivity index (χ3v) is 5.40. The third-order valence-electron chi connectivity index (χ3n) is 4.26. The summed E-state index contributed by atoms with van der Waals surface area (Å²) < 4.78 is 18.8. The van der Waals surface area contributed by atoms with Crippen LogP contribution in [0.4, 0.5) is 10.1 Å². The number of aromatic nitrogens is 1. The zero-order valence-corrected chi connectivity index (χ0v) is 17.2. The van der Waals surface area contributed by atoms with Gasteiger partial charge in [-0.05, 0) is 66.2 Å². The van der Waals surface area contributed by atoms with Gasteiger partial charge in [-0.15, -0.1) is 11.3 Å². The zero-order valence-electron chi connectivity index (χ0n) is 15.6. The van der Waals surface area contributed by atoms with Gasteiger partial charge in [0.05, 0.1) is 0 Å². The third kappa shape index (κ3) is 5.03. The van der Waals surface area contributed by atoms with Crippen LogP contribution >= 0.6 is 22.9 Å². The molecule has 4 rings (SSSR count). The Labute approximate surface area is 181 Å². The molecular formula is C23H16ClFN2O2S. The Morgan fingerprint density at radius 3 is 2.40 bits per heavy atom. The lowest BCUT2D eigenvalue weighted by Gasteiger charge is -2.07. The maximum Gasteiger partial charge on any atom is 0.275 e. The van der Waals surface area contributed by atoms with E-state index in [1.165, 1.54) is 35.6 Å². The number of rotatable bonds is 6. The number of amides is 1. The van der Waals surface area contributed by atoms with E-state index >= 15 is 0 Å². The molecule has 0 aliphatic heterocycles. The Morgan fingerprint density at radius 2 is 1.70 bits per heavy atom. The van der Waals surface area contributed by atoms with E-state index in [0.717, 1.165) is 21.9 Å². The number of thiazole rings is 1. The smallest absolute Gasteiger partial charge is 0.275 e. The highest BCUT2D eigenvalue weighted by Gasteiger charge is 2.12. The van der Waals surface area contributed by atoms with Crippen LogP contribution in [0.5, 0.6) is 5.75 Å². The minimum atomic E-state index is -0.357. The first-order valence-corrected chi connectivity index (χ1v) is 10.3. The SMILES string of the molecule is O=C(Nc1ccc(F)cc1)c1csc(-c2ccc(OCc3ccc(Cl)cc3)cc2)n1. The van der Waals surface area contributed by atoms with E-state index in [2.05, 4.69) is 10.3 Å². The largest absolute Gasteiger partial charge is 0.489 e. The molecule has 4 nitrogen and oxygen atoms in total. The topological polar surface area (TPSA) is 51.2 Å². The quantitative estimate of drug-likeness (QED) is 0.377. The summed E-state index contributed by atoms with van der Waals surface area (Å²) in [5.41, 5.74) is 2.74. The molecule has 0 unspecified atom stereocenters. The molecule has 1 aromatic heterocycles. The van der Waals surface area contributed by atoms with Gasteiger partial charge in [-0.25, -0.2) is 9.37 Å². The first-order valence-electron chi connectivity index (χ1n) is 9.07. The number of hydrogen-bond acceptors (Lipinski definition) is 4. The summed E-state index contributed by atoms with van der Waals surface area (Å²) in [7, 11) is 0. The Hall–Kier alpha value is -3.22. The molecule has 1 N–H and O–H groups in total. The van der Waals surface area contributed by atoms with Crippen molar-refractivity contribution >= 4 is 34.5 Å². The molecule has 0 radical (unpaired) electrons. The summed E-state index contributed by atoms with van der Waals surface area (Å²) >= 11 is 7.26. The molecule has 0 aliphatic carbocycles. The lowest BCUT2D eigenvalue weighted by molar-refractivity contribution is 0.102. The average Bonchev–Trinajstić information content (AvgIpc) is 3.26. The number of anilines is 1. The Bertz CT molecular complexity index is 1140. The van der Waals surface area contributed by atoms with Crippen molar-refractivity contribution in [3.05, 3.63) is 100 Å². The lowest BCUT2D eigenvalue weighted by atomic mass is 10.2. The van der Waals surface area contributed by atoms with E-state index in [1.807, 2.05) is 48.5 Å². The van der Waals surface area contributed by atoms with Crippen molar-refractivity contribution in [1.29, 1.82) is 0 Å². The van der Waals surface area contributed by atoms with Crippen molar-refractivity contribution in [2.75, 3.05) is 5.32 Å². The summed E-state index contributed by atoms with van der Waals surface area (Å²) in [6.45, 7) is 0.446. The van der Waals surface area contributed by atoms with Gasteiger partial charge < -0.3 is 10.1 Å². The van der Waals surface area contributed by atoms with E-state index in [4.69, 9.17) is 16.3 Å². The monoisotopic (exact) mass is 438 g/mol. The van der Waals surface area contributed by atoms with Gasteiger partial charge in [-0.3, -0.25) is 4.79 Å². The predicted molar refractivity (Wildman–Crippen MR) is 118 cm³/mol. The second-order valence-electron chi connectivity index (χ2n) is 6.44. The van der Waals surface area contributed by atoms with Crippen LogP contribution in [0.3, 0.4) is 0 Å². The second kappa shape index (κ2) is 9.07. The molecule has 7 heteroatoms. The summed E-state index contributed by atoms with van der Waals surface area (Å²) in [4.78, 5) is 16.8. The van der Waals surface area contributed by atoms with Gasteiger partial charge in [0, 0.05) is 21.7 Å². The van der Waals surface area contributed by atoms with Gasteiger partial charge >= 0.3 is 0 Å². The molecule has 4 aromatic rings. The molecule has 0 atom stereocenters. The molecule has 0 spiro atoms. The Morgan fingerprint density at radius 1 is 1.00 bits per heavy atom. The number of hydrogen-bond donors (Lipinski definition) is 1. The highest BCUT2D eigenvalue weighted by atomic mass is 35.5. The van der Waals surface area contributed by atoms with Crippen LogP contribution in [0.1, 0.15) is 16.1 Å². The second-order valence-corrected chi connectivity index (χ2v) is 7.73. The van der Waals surface area contributed by atoms with E-state index in [9.17, 15) is 9.18 Å².